The van der Waals surface area contributed by atoms with E-state index in [1.165, 1.54) is 0 Å². The van der Waals surface area contributed by atoms with Crippen molar-refractivity contribution in [3.63, 3.8) is 0 Å². The molecule has 0 aliphatic heterocycles. The summed E-state index contributed by atoms with van der Waals surface area (Å²) in [5.74, 6) is 0.502. The molecule has 1 heterocycles. The lowest BCUT2D eigenvalue weighted by molar-refractivity contribution is 0.200. The zero-order valence-corrected chi connectivity index (χ0v) is 11.2. The van der Waals surface area contributed by atoms with Crippen LogP contribution in [0, 0.1) is 0 Å². The standard InChI is InChI=1S/C11H19ClN2OS/c1-2-14(6-7-15)5-3-4-11-13-10(8-12)9-16-11/h9,15H,2-8H2,1H3. The Morgan fingerprint density at radius 3 is 2.88 bits per heavy atom. The first-order valence-electron chi connectivity index (χ1n) is 5.62. The summed E-state index contributed by atoms with van der Waals surface area (Å²) in [5, 5.41) is 12.0. The van der Waals surface area contributed by atoms with Gasteiger partial charge in [0.05, 0.1) is 23.2 Å². The van der Waals surface area contributed by atoms with Crippen molar-refractivity contribution in [2.75, 3.05) is 26.2 Å². The first-order chi connectivity index (χ1) is 7.80. The molecule has 16 heavy (non-hydrogen) atoms. The van der Waals surface area contributed by atoms with E-state index in [0.29, 0.717) is 5.88 Å². The summed E-state index contributed by atoms with van der Waals surface area (Å²) in [7, 11) is 0. The monoisotopic (exact) mass is 262 g/mol. The molecule has 0 saturated heterocycles. The largest absolute Gasteiger partial charge is 0.395 e. The minimum absolute atomic E-state index is 0.238. The number of hydrogen-bond donors (Lipinski definition) is 1. The third kappa shape index (κ3) is 4.78. The Bertz CT molecular complexity index is 293. The van der Waals surface area contributed by atoms with Gasteiger partial charge in [0, 0.05) is 18.3 Å². The summed E-state index contributed by atoms with van der Waals surface area (Å²) in [5.41, 5.74) is 0.976. The third-order valence-corrected chi connectivity index (χ3v) is 3.70. The molecule has 0 bridgehead atoms. The molecular weight excluding hydrogens is 244 g/mol. The minimum Gasteiger partial charge on any atom is -0.395 e. The predicted octanol–water partition coefficient (Wildman–Crippen LogP) is 2.13. The molecule has 0 unspecified atom stereocenters. The van der Waals surface area contributed by atoms with Gasteiger partial charge in [-0.3, -0.25) is 0 Å². The van der Waals surface area contributed by atoms with Gasteiger partial charge in [0.25, 0.3) is 0 Å². The molecular formula is C11H19ClN2OS. The second-order valence-electron chi connectivity index (χ2n) is 3.63. The number of nitrogens with zero attached hydrogens (tertiary/aromatic N) is 2. The van der Waals surface area contributed by atoms with Gasteiger partial charge in [-0.15, -0.1) is 22.9 Å². The summed E-state index contributed by atoms with van der Waals surface area (Å²) >= 11 is 7.38. The van der Waals surface area contributed by atoms with Crippen LogP contribution in [0.25, 0.3) is 0 Å². The number of hydrogen-bond acceptors (Lipinski definition) is 4. The summed E-state index contributed by atoms with van der Waals surface area (Å²) in [6.45, 7) is 5.13. The maximum absolute atomic E-state index is 8.85. The zero-order chi connectivity index (χ0) is 11.8. The molecule has 92 valence electrons. The van der Waals surface area contributed by atoms with Crippen molar-refractivity contribution < 1.29 is 5.11 Å². The second-order valence-corrected chi connectivity index (χ2v) is 4.84. The Morgan fingerprint density at radius 2 is 2.31 bits per heavy atom. The Labute approximate surface area is 106 Å². The fourth-order valence-electron chi connectivity index (χ4n) is 1.55. The number of aryl methyl sites for hydroxylation is 1. The molecule has 0 aliphatic carbocycles. The molecule has 0 fully saturated rings. The molecule has 0 aliphatic rings. The Balaban J connectivity index is 2.23. The van der Waals surface area contributed by atoms with Gasteiger partial charge in [-0.05, 0) is 19.5 Å². The SMILES string of the molecule is CCN(CCO)CCCc1nc(CCl)cs1. The maximum atomic E-state index is 8.85. The van der Waals surface area contributed by atoms with E-state index >= 15 is 0 Å². The molecule has 1 N–H and O–H groups in total. The van der Waals surface area contributed by atoms with Crippen LogP contribution in [0.4, 0.5) is 0 Å². The van der Waals surface area contributed by atoms with E-state index in [0.717, 1.165) is 43.2 Å². The van der Waals surface area contributed by atoms with Gasteiger partial charge in [0.1, 0.15) is 0 Å². The summed E-state index contributed by atoms with van der Waals surface area (Å²) < 4.78 is 0. The molecule has 1 aromatic rings. The van der Waals surface area contributed by atoms with Crippen LogP contribution in [0.5, 0.6) is 0 Å². The highest BCUT2D eigenvalue weighted by Gasteiger charge is 2.04. The van der Waals surface area contributed by atoms with Gasteiger partial charge in [0.2, 0.25) is 0 Å². The predicted molar refractivity (Wildman–Crippen MR) is 69.2 cm³/mol. The van der Waals surface area contributed by atoms with E-state index < -0.39 is 0 Å². The Morgan fingerprint density at radius 1 is 1.50 bits per heavy atom. The van der Waals surface area contributed by atoms with E-state index in [-0.39, 0.29) is 6.61 Å². The normalized spacial score (nSPS) is 11.2. The quantitative estimate of drug-likeness (QED) is 0.729. The second kappa shape index (κ2) is 8.01. The number of aliphatic hydroxyl groups is 1. The fraction of sp³-hybridized carbons (Fsp3) is 0.727. The minimum atomic E-state index is 0.238. The lowest BCUT2D eigenvalue weighted by atomic mass is 10.3. The number of thiazole rings is 1. The van der Waals surface area contributed by atoms with Gasteiger partial charge in [0.15, 0.2) is 0 Å². The Hall–Kier alpha value is -0.160. The van der Waals surface area contributed by atoms with E-state index in [1.807, 2.05) is 5.38 Å². The van der Waals surface area contributed by atoms with E-state index in [2.05, 4.69) is 16.8 Å². The van der Waals surface area contributed by atoms with Crippen LogP contribution in [0.2, 0.25) is 0 Å². The van der Waals surface area contributed by atoms with Crippen LogP contribution in [-0.4, -0.2) is 41.2 Å². The smallest absolute Gasteiger partial charge is 0.0929 e. The number of alkyl halides is 1. The van der Waals surface area contributed by atoms with Gasteiger partial charge in [-0.25, -0.2) is 4.98 Å². The van der Waals surface area contributed by atoms with Crippen molar-refractivity contribution in [1.82, 2.24) is 9.88 Å². The van der Waals surface area contributed by atoms with Crippen molar-refractivity contribution in [3.8, 4) is 0 Å². The average molecular weight is 263 g/mol. The maximum Gasteiger partial charge on any atom is 0.0929 e. The third-order valence-electron chi connectivity index (χ3n) is 2.46. The fourth-order valence-corrected chi connectivity index (χ4v) is 2.62. The number of likely N-dealkylation sites (N-methyl/N-ethyl adjacent to an activating group) is 1. The summed E-state index contributed by atoms with van der Waals surface area (Å²) in [6, 6.07) is 0. The molecule has 1 rings (SSSR count). The van der Waals surface area contributed by atoms with Crippen LogP contribution in [0.3, 0.4) is 0 Å². The zero-order valence-electron chi connectivity index (χ0n) is 9.65. The summed E-state index contributed by atoms with van der Waals surface area (Å²) in [4.78, 5) is 6.66. The molecule has 0 amide bonds. The first kappa shape index (κ1) is 13.9. The molecule has 0 saturated carbocycles. The lowest BCUT2D eigenvalue weighted by Crippen LogP contribution is -2.27. The van der Waals surface area contributed by atoms with Gasteiger partial charge < -0.3 is 10.0 Å². The van der Waals surface area contributed by atoms with Crippen LogP contribution in [0.1, 0.15) is 24.0 Å². The highest BCUT2D eigenvalue weighted by Crippen LogP contribution is 2.13. The van der Waals surface area contributed by atoms with Crippen LogP contribution >= 0.6 is 22.9 Å². The van der Waals surface area contributed by atoms with E-state index in [1.54, 1.807) is 11.3 Å². The molecule has 0 aromatic carbocycles. The van der Waals surface area contributed by atoms with Gasteiger partial charge in [-0.2, -0.15) is 0 Å². The van der Waals surface area contributed by atoms with Crippen LogP contribution < -0.4 is 0 Å². The lowest BCUT2D eigenvalue weighted by Gasteiger charge is -2.18. The molecule has 0 atom stereocenters. The van der Waals surface area contributed by atoms with E-state index in [9.17, 15) is 0 Å². The number of rotatable bonds is 8. The topological polar surface area (TPSA) is 36.4 Å². The first-order valence-corrected chi connectivity index (χ1v) is 7.04. The molecule has 5 heteroatoms. The number of aromatic nitrogens is 1. The summed E-state index contributed by atoms with van der Waals surface area (Å²) in [6.07, 6.45) is 2.09. The average Bonchev–Trinajstić information content (AvgIpc) is 2.76. The van der Waals surface area contributed by atoms with Crippen LogP contribution in [-0.2, 0) is 12.3 Å². The van der Waals surface area contributed by atoms with Gasteiger partial charge in [-0.1, -0.05) is 6.92 Å². The molecule has 3 nitrogen and oxygen atoms in total. The van der Waals surface area contributed by atoms with Crippen molar-refractivity contribution in [2.24, 2.45) is 0 Å². The van der Waals surface area contributed by atoms with Crippen LogP contribution in [0.15, 0.2) is 5.38 Å². The highest BCUT2D eigenvalue weighted by molar-refractivity contribution is 7.09. The van der Waals surface area contributed by atoms with E-state index in [4.69, 9.17) is 16.7 Å². The van der Waals surface area contributed by atoms with Crippen molar-refractivity contribution in [1.29, 1.82) is 0 Å². The van der Waals surface area contributed by atoms with Gasteiger partial charge >= 0.3 is 0 Å². The molecule has 1 aromatic heterocycles. The van der Waals surface area contributed by atoms with Crippen molar-refractivity contribution in [2.45, 2.75) is 25.6 Å². The highest BCUT2D eigenvalue weighted by atomic mass is 35.5. The molecule has 0 radical (unpaired) electrons. The van der Waals surface area contributed by atoms with Crippen molar-refractivity contribution in [3.05, 3.63) is 16.1 Å². The molecule has 0 spiro atoms. The van der Waals surface area contributed by atoms with Crippen molar-refractivity contribution >= 4 is 22.9 Å². The number of aliphatic hydroxyl groups excluding tert-OH is 1. The Kier molecular flexibility index (Phi) is 6.96. The number of halogens is 1.